The van der Waals surface area contributed by atoms with Crippen LogP contribution in [-0.4, -0.2) is 48.1 Å². The molecule has 1 aromatic rings. The Hall–Kier alpha value is -2.61. The fourth-order valence-corrected chi connectivity index (χ4v) is 2.97. The van der Waals surface area contributed by atoms with Crippen LogP contribution in [0.4, 0.5) is 0 Å². The maximum Gasteiger partial charge on any atom is 0.326 e. The zero-order valence-corrected chi connectivity index (χ0v) is 14.0. The summed E-state index contributed by atoms with van der Waals surface area (Å²) in [5, 5.41) is 24.6. The number of carboxylic acid groups (broad SMARTS) is 1. The Morgan fingerprint density at radius 3 is 2.48 bits per heavy atom. The number of benzene rings is 1. The Morgan fingerprint density at radius 2 is 1.92 bits per heavy atom. The summed E-state index contributed by atoms with van der Waals surface area (Å²) in [5.41, 5.74) is 7.75. The van der Waals surface area contributed by atoms with Gasteiger partial charge in [-0.3, -0.25) is 10.2 Å². The van der Waals surface area contributed by atoms with Crippen LogP contribution in [0.3, 0.4) is 0 Å². The minimum atomic E-state index is -1.07. The Balaban J connectivity index is 1.70. The Kier molecular flexibility index (Phi) is 6.76. The van der Waals surface area contributed by atoms with E-state index in [1.54, 1.807) is 0 Å². The summed E-state index contributed by atoms with van der Waals surface area (Å²) < 4.78 is 0. The van der Waals surface area contributed by atoms with Gasteiger partial charge in [0.05, 0.1) is 6.54 Å². The quantitative estimate of drug-likeness (QED) is 0.204. The molecule has 2 rings (SSSR count). The van der Waals surface area contributed by atoms with Crippen LogP contribution < -0.4 is 21.7 Å². The highest BCUT2D eigenvalue weighted by Crippen LogP contribution is 2.21. The lowest BCUT2D eigenvalue weighted by Crippen LogP contribution is -2.46. The van der Waals surface area contributed by atoms with Crippen LogP contribution in [0, 0.1) is 5.41 Å². The fraction of sp³-hybridized carbons (Fsp3) is 0.471. The van der Waals surface area contributed by atoms with E-state index in [1.807, 2.05) is 12.1 Å². The molecule has 1 amide bonds. The normalized spacial score (nSPS) is 14.6. The number of guanidine groups is 1. The van der Waals surface area contributed by atoms with Crippen LogP contribution in [0.1, 0.15) is 24.0 Å². The highest BCUT2D eigenvalue weighted by molar-refractivity contribution is 5.84. The first kappa shape index (κ1) is 18.7. The average Bonchev–Trinajstić information content (AvgIpc) is 2.98. The molecule has 25 heavy (non-hydrogen) atoms. The molecule has 0 radical (unpaired) electrons. The predicted molar refractivity (Wildman–Crippen MR) is 94.4 cm³/mol. The van der Waals surface area contributed by atoms with Gasteiger partial charge in [-0.25, -0.2) is 4.79 Å². The molecule has 0 spiro atoms. The van der Waals surface area contributed by atoms with Crippen molar-refractivity contribution in [2.75, 3.05) is 13.1 Å². The largest absolute Gasteiger partial charge is 0.480 e. The van der Waals surface area contributed by atoms with Crippen molar-refractivity contribution in [2.45, 2.75) is 37.8 Å². The molecular formula is C17H25N5O3. The van der Waals surface area contributed by atoms with Gasteiger partial charge in [-0.15, -0.1) is 0 Å². The Bertz CT molecular complexity index is 609. The fourth-order valence-electron chi connectivity index (χ4n) is 2.97. The molecule has 8 nitrogen and oxygen atoms in total. The van der Waals surface area contributed by atoms with Gasteiger partial charge in [0.2, 0.25) is 5.91 Å². The van der Waals surface area contributed by atoms with Gasteiger partial charge in [-0.05, 0) is 36.8 Å². The second kappa shape index (κ2) is 9.03. The first-order chi connectivity index (χ1) is 12.0. The highest BCUT2D eigenvalue weighted by atomic mass is 16.4. The van der Waals surface area contributed by atoms with Gasteiger partial charge in [0.25, 0.3) is 0 Å². The number of carbonyl (C=O) groups is 2. The molecule has 1 unspecified atom stereocenters. The van der Waals surface area contributed by atoms with Gasteiger partial charge in [0.1, 0.15) is 6.04 Å². The SMILES string of the molecule is N=C(N)NCCCC(NC(=O)CNC1Cc2ccccc2C1)C(=O)O. The van der Waals surface area contributed by atoms with E-state index in [0.717, 1.165) is 12.8 Å². The lowest BCUT2D eigenvalue weighted by molar-refractivity contribution is -0.141. The van der Waals surface area contributed by atoms with Crippen LogP contribution in [0.15, 0.2) is 24.3 Å². The number of hydrogen-bond acceptors (Lipinski definition) is 4. The summed E-state index contributed by atoms with van der Waals surface area (Å²) >= 11 is 0. The molecule has 1 atom stereocenters. The maximum absolute atomic E-state index is 12.0. The number of carboxylic acids is 1. The van der Waals surface area contributed by atoms with E-state index in [-0.39, 0.29) is 30.9 Å². The Morgan fingerprint density at radius 1 is 1.28 bits per heavy atom. The summed E-state index contributed by atoms with van der Waals surface area (Å²) in [6.45, 7) is 0.488. The average molecular weight is 347 g/mol. The highest BCUT2D eigenvalue weighted by Gasteiger charge is 2.23. The number of aliphatic carboxylic acids is 1. The molecule has 8 heteroatoms. The van der Waals surface area contributed by atoms with Crippen LogP contribution in [0.25, 0.3) is 0 Å². The van der Waals surface area contributed by atoms with Crippen LogP contribution >= 0.6 is 0 Å². The minimum Gasteiger partial charge on any atom is -0.480 e. The molecule has 0 aromatic heterocycles. The lowest BCUT2D eigenvalue weighted by atomic mass is 10.1. The van der Waals surface area contributed by atoms with Crippen molar-refractivity contribution in [3.63, 3.8) is 0 Å². The number of amides is 1. The summed E-state index contributed by atoms with van der Waals surface area (Å²) in [5.74, 6) is -1.55. The van der Waals surface area contributed by atoms with Crippen molar-refractivity contribution in [2.24, 2.45) is 5.73 Å². The Labute approximate surface area is 146 Å². The van der Waals surface area contributed by atoms with E-state index in [9.17, 15) is 14.7 Å². The third-order valence-electron chi connectivity index (χ3n) is 4.22. The van der Waals surface area contributed by atoms with Crippen molar-refractivity contribution < 1.29 is 14.7 Å². The zero-order chi connectivity index (χ0) is 18.2. The standard InChI is InChI=1S/C17H25N5O3/c18-17(19)20-7-3-6-14(16(24)25)22-15(23)10-21-13-8-11-4-1-2-5-12(11)9-13/h1-2,4-5,13-14,21H,3,6-10H2,(H,22,23)(H,24,25)(H4,18,19,20). The van der Waals surface area contributed by atoms with Crippen LogP contribution in [-0.2, 0) is 22.4 Å². The number of hydrogen-bond donors (Lipinski definition) is 6. The first-order valence-electron chi connectivity index (χ1n) is 8.36. The molecule has 0 heterocycles. The van der Waals surface area contributed by atoms with E-state index in [2.05, 4.69) is 28.1 Å². The van der Waals surface area contributed by atoms with Crippen LogP contribution in [0.2, 0.25) is 0 Å². The molecule has 1 aliphatic rings. The second-order valence-electron chi connectivity index (χ2n) is 6.20. The molecule has 0 fully saturated rings. The molecule has 0 saturated carbocycles. The molecule has 1 aliphatic carbocycles. The molecule has 0 bridgehead atoms. The molecule has 0 aliphatic heterocycles. The third kappa shape index (κ3) is 6.07. The number of rotatable bonds is 9. The van der Waals surface area contributed by atoms with Gasteiger partial charge in [0, 0.05) is 12.6 Å². The molecule has 0 saturated heterocycles. The van der Waals surface area contributed by atoms with Crippen LogP contribution in [0.5, 0.6) is 0 Å². The van der Waals surface area contributed by atoms with E-state index >= 15 is 0 Å². The predicted octanol–water partition coefficient (Wildman–Crippen LogP) is -0.424. The van der Waals surface area contributed by atoms with Gasteiger partial charge >= 0.3 is 5.97 Å². The number of nitrogens with one attached hydrogen (secondary N) is 4. The topological polar surface area (TPSA) is 140 Å². The lowest BCUT2D eigenvalue weighted by Gasteiger charge is -2.16. The number of fused-ring (bicyclic) bond motifs is 1. The number of carbonyl (C=O) groups excluding carboxylic acids is 1. The molecule has 136 valence electrons. The van der Waals surface area contributed by atoms with Crippen molar-refractivity contribution in [1.82, 2.24) is 16.0 Å². The van der Waals surface area contributed by atoms with Gasteiger partial charge < -0.3 is 26.8 Å². The van der Waals surface area contributed by atoms with E-state index in [1.165, 1.54) is 11.1 Å². The molecule has 7 N–H and O–H groups in total. The van der Waals surface area contributed by atoms with Gasteiger partial charge in [-0.2, -0.15) is 0 Å². The smallest absolute Gasteiger partial charge is 0.326 e. The third-order valence-corrected chi connectivity index (χ3v) is 4.22. The second-order valence-corrected chi connectivity index (χ2v) is 6.20. The minimum absolute atomic E-state index is 0.0914. The number of nitrogens with two attached hydrogens (primary N) is 1. The van der Waals surface area contributed by atoms with E-state index in [0.29, 0.717) is 13.0 Å². The van der Waals surface area contributed by atoms with E-state index in [4.69, 9.17) is 11.1 Å². The van der Waals surface area contributed by atoms with Gasteiger partial charge in [-0.1, -0.05) is 24.3 Å². The van der Waals surface area contributed by atoms with Gasteiger partial charge in [0.15, 0.2) is 5.96 Å². The van der Waals surface area contributed by atoms with E-state index < -0.39 is 12.0 Å². The van der Waals surface area contributed by atoms with Crippen molar-refractivity contribution >= 4 is 17.8 Å². The summed E-state index contributed by atoms with van der Waals surface area (Å²) in [6.07, 6.45) is 2.52. The monoisotopic (exact) mass is 347 g/mol. The molecule has 1 aromatic carbocycles. The van der Waals surface area contributed by atoms with Crippen molar-refractivity contribution in [3.8, 4) is 0 Å². The first-order valence-corrected chi connectivity index (χ1v) is 8.36. The maximum atomic E-state index is 12.0. The van der Waals surface area contributed by atoms with Crippen molar-refractivity contribution in [1.29, 1.82) is 5.41 Å². The summed E-state index contributed by atoms with van der Waals surface area (Å²) in [6, 6.07) is 7.45. The van der Waals surface area contributed by atoms with Crippen molar-refractivity contribution in [3.05, 3.63) is 35.4 Å². The molecular weight excluding hydrogens is 322 g/mol. The summed E-state index contributed by atoms with van der Waals surface area (Å²) in [7, 11) is 0. The zero-order valence-electron chi connectivity index (χ0n) is 14.0. The summed E-state index contributed by atoms with van der Waals surface area (Å²) in [4.78, 5) is 23.3.